The van der Waals surface area contributed by atoms with E-state index in [-0.39, 0.29) is 21.8 Å². The third-order valence-corrected chi connectivity index (χ3v) is 6.36. The van der Waals surface area contributed by atoms with Crippen molar-refractivity contribution >= 4 is 39.3 Å². The summed E-state index contributed by atoms with van der Waals surface area (Å²) in [7, 11) is -4.26. The van der Waals surface area contributed by atoms with Crippen LogP contribution in [0.2, 0.25) is 0 Å². The smallest absolute Gasteiger partial charge is 0.337 e. The fraction of sp³-hybridized carbons (Fsp3) is 0.300. The Bertz CT molecular complexity index is 1110. The Kier molecular flexibility index (Phi) is 6.85. The number of nitrogens with one attached hydrogen (secondary N) is 2. The normalized spacial score (nSPS) is 15.0. The number of hydrazone groups is 1. The molecule has 31 heavy (non-hydrogen) atoms. The zero-order valence-electron chi connectivity index (χ0n) is 16.5. The highest BCUT2D eigenvalue weighted by Gasteiger charge is 2.23. The Morgan fingerprint density at radius 2 is 1.84 bits per heavy atom. The predicted octanol–water partition coefficient (Wildman–Crippen LogP) is 4.07. The Hall–Kier alpha value is -3.47. The van der Waals surface area contributed by atoms with Crippen LogP contribution in [0.1, 0.15) is 42.5 Å². The van der Waals surface area contributed by atoms with E-state index in [1.165, 1.54) is 42.8 Å². The number of nitro groups is 1. The number of carboxylic acid groups (broad SMARTS) is 1. The van der Waals surface area contributed by atoms with E-state index < -0.39 is 26.6 Å². The zero-order chi connectivity index (χ0) is 22.4. The highest BCUT2D eigenvalue weighted by Crippen LogP contribution is 2.29. The van der Waals surface area contributed by atoms with E-state index in [9.17, 15) is 28.4 Å². The number of carboxylic acids is 1. The number of nitro benzene ring substituents is 1. The van der Waals surface area contributed by atoms with E-state index in [1.807, 2.05) is 0 Å². The van der Waals surface area contributed by atoms with E-state index in [2.05, 4.69) is 15.2 Å². The number of hydrogen-bond acceptors (Lipinski definition) is 7. The molecule has 0 heterocycles. The lowest BCUT2D eigenvalue weighted by atomic mass is 9.90. The lowest BCUT2D eigenvalue weighted by molar-refractivity contribution is -0.384. The summed E-state index contributed by atoms with van der Waals surface area (Å²) >= 11 is 0. The van der Waals surface area contributed by atoms with Crippen molar-refractivity contribution in [2.24, 2.45) is 11.0 Å². The quantitative estimate of drug-likeness (QED) is 0.314. The van der Waals surface area contributed by atoms with Crippen LogP contribution in [0.4, 0.5) is 17.1 Å². The highest BCUT2D eigenvalue weighted by atomic mass is 32.2. The first-order chi connectivity index (χ1) is 14.8. The van der Waals surface area contributed by atoms with E-state index in [0.29, 0.717) is 5.92 Å². The fourth-order valence-corrected chi connectivity index (χ4v) is 4.48. The third-order valence-electron chi connectivity index (χ3n) is 5.00. The summed E-state index contributed by atoms with van der Waals surface area (Å²) in [4.78, 5) is 21.7. The largest absolute Gasteiger partial charge is 0.478 e. The summed E-state index contributed by atoms with van der Waals surface area (Å²) in [6, 6.07) is 8.84. The third kappa shape index (κ3) is 5.57. The molecule has 0 amide bonds. The number of rotatable bonds is 8. The highest BCUT2D eigenvalue weighted by molar-refractivity contribution is 7.92. The van der Waals surface area contributed by atoms with Crippen LogP contribution in [0.3, 0.4) is 0 Å². The van der Waals surface area contributed by atoms with Gasteiger partial charge in [-0.2, -0.15) is 5.10 Å². The van der Waals surface area contributed by atoms with E-state index >= 15 is 0 Å². The van der Waals surface area contributed by atoms with Gasteiger partial charge in [-0.3, -0.25) is 20.3 Å². The second-order valence-electron chi connectivity index (χ2n) is 7.18. The molecule has 1 aliphatic carbocycles. The van der Waals surface area contributed by atoms with Crippen LogP contribution in [0.5, 0.6) is 0 Å². The van der Waals surface area contributed by atoms with Gasteiger partial charge in [-0.1, -0.05) is 31.4 Å². The predicted molar refractivity (Wildman–Crippen MR) is 116 cm³/mol. The van der Waals surface area contributed by atoms with Gasteiger partial charge in [0.15, 0.2) is 0 Å². The lowest BCUT2D eigenvalue weighted by Gasteiger charge is -2.16. The standard InChI is InChI=1S/C20H22N4O6S/c25-20(26)16-8-4-5-9-17(16)23-31(29,30)15-10-11-18(19(12-15)24(27)28)22-21-13-14-6-2-1-3-7-14/h4-5,8-14,22-23H,1-3,6-7H2,(H,25,26)/b21-13-. The first-order valence-electron chi connectivity index (χ1n) is 9.71. The first-order valence-corrected chi connectivity index (χ1v) is 11.2. The molecule has 0 radical (unpaired) electrons. The molecule has 10 nitrogen and oxygen atoms in total. The van der Waals surface area contributed by atoms with Gasteiger partial charge in [0.05, 0.1) is 21.1 Å². The fourth-order valence-electron chi connectivity index (χ4n) is 3.38. The lowest BCUT2D eigenvalue weighted by Crippen LogP contribution is -2.16. The molecule has 1 saturated carbocycles. The van der Waals surface area contributed by atoms with E-state index in [0.717, 1.165) is 31.7 Å². The average molecular weight is 446 g/mol. The van der Waals surface area contributed by atoms with Crippen molar-refractivity contribution in [2.75, 3.05) is 10.1 Å². The Morgan fingerprint density at radius 1 is 1.13 bits per heavy atom. The zero-order valence-corrected chi connectivity index (χ0v) is 17.3. The van der Waals surface area contributed by atoms with Crippen molar-refractivity contribution < 1.29 is 23.2 Å². The van der Waals surface area contributed by atoms with Crippen molar-refractivity contribution in [1.82, 2.24) is 0 Å². The number of anilines is 2. The molecule has 2 aromatic rings. The van der Waals surface area contributed by atoms with E-state index in [1.54, 1.807) is 6.21 Å². The monoisotopic (exact) mass is 446 g/mol. The molecule has 0 aromatic heterocycles. The number of para-hydroxylation sites is 1. The number of carbonyl (C=O) groups is 1. The molecule has 0 aliphatic heterocycles. The second kappa shape index (κ2) is 9.56. The maximum atomic E-state index is 12.7. The molecule has 0 atom stereocenters. The minimum absolute atomic E-state index is 0.0574. The van der Waals surface area contributed by atoms with Crippen LogP contribution in [0.15, 0.2) is 52.5 Å². The van der Waals surface area contributed by atoms with Crippen molar-refractivity contribution in [2.45, 2.75) is 37.0 Å². The van der Waals surface area contributed by atoms with Crippen LogP contribution >= 0.6 is 0 Å². The maximum absolute atomic E-state index is 12.7. The molecule has 2 aromatic carbocycles. The van der Waals surface area contributed by atoms with Gasteiger partial charge < -0.3 is 5.11 Å². The first kappa shape index (κ1) is 22.2. The summed E-state index contributed by atoms with van der Waals surface area (Å²) in [6.07, 6.45) is 7.23. The van der Waals surface area contributed by atoms with Crippen LogP contribution in [0, 0.1) is 16.0 Å². The van der Waals surface area contributed by atoms with Gasteiger partial charge in [-0.15, -0.1) is 0 Å². The molecule has 0 spiro atoms. The van der Waals surface area contributed by atoms with Crippen LogP contribution in [-0.4, -0.2) is 30.6 Å². The molecular formula is C20H22N4O6S. The summed E-state index contributed by atoms with van der Waals surface area (Å²) in [5, 5.41) is 24.8. The molecule has 3 rings (SSSR count). The maximum Gasteiger partial charge on any atom is 0.337 e. The molecule has 0 unspecified atom stereocenters. The minimum Gasteiger partial charge on any atom is -0.478 e. The second-order valence-corrected chi connectivity index (χ2v) is 8.86. The van der Waals surface area contributed by atoms with Crippen molar-refractivity contribution in [1.29, 1.82) is 0 Å². The van der Waals surface area contributed by atoms with Gasteiger partial charge in [0.2, 0.25) is 0 Å². The molecule has 3 N–H and O–H groups in total. The van der Waals surface area contributed by atoms with Gasteiger partial charge in [-0.05, 0) is 43.0 Å². The van der Waals surface area contributed by atoms with Gasteiger partial charge in [0.1, 0.15) is 5.69 Å². The topological polar surface area (TPSA) is 151 Å². The number of sulfonamides is 1. The average Bonchev–Trinajstić information content (AvgIpc) is 2.74. The molecule has 164 valence electrons. The number of hydrogen-bond donors (Lipinski definition) is 3. The van der Waals surface area contributed by atoms with Crippen molar-refractivity contribution in [3.8, 4) is 0 Å². The van der Waals surface area contributed by atoms with Crippen molar-refractivity contribution in [3.63, 3.8) is 0 Å². The summed E-state index contributed by atoms with van der Waals surface area (Å²) < 4.78 is 27.6. The van der Waals surface area contributed by atoms with Gasteiger partial charge in [0, 0.05) is 12.3 Å². The van der Waals surface area contributed by atoms with Gasteiger partial charge in [-0.25, -0.2) is 13.2 Å². The molecule has 1 aliphatic rings. The van der Waals surface area contributed by atoms with E-state index in [4.69, 9.17) is 0 Å². The molecule has 0 saturated heterocycles. The number of aromatic carboxylic acids is 1. The molecule has 0 bridgehead atoms. The summed E-state index contributed by atoms with van der Waals surface area (Å²) in [5.74, 6) is -0.988. The SMILES string of the molecule is O=C(O)c1ccccc1NS(=O)(=O)c1ccc(N/N=C\C2CCCCC2)c([N+](=O)[O-])c1. The number of nitrogens with zero attached hydrogens (tertiary/aromatic N) is 2. The van der Waals surface area contributed by atoms with Gasteiger partial charge in [0.25, 0.3) is 15.7 Å². The van der Waals surface area contributed by atoms with Crippen LogP contribution in [-0.2, 0) is 10.0 Å². The summed E-state index contributed by atoms with van der Waals surface area (Å²) in [5.41, 5.74) is 1.84. The van der Waals surface area contributed by atoms with Crippen LogP contribution in [0.25, 0.3) is 0 Å². The minimum atomic E-state index is -4.26. The Morgan fingerprint density at radius 3 is 2.52 bits per heavy atom. The Labute approximate surface area is 179 Å². The number of benzene rings is 2. The van der Waals surface area contributed by atoms with Crippen molar-refractivity contribution in [3.05, 3.63) is 58.1 Å². The van der Waals surface area contributed by atoms with Crippen LogP contribution < -0.4 is 10.1 Å². The summed E-state index contributed by atoms with van der Waals surface area (Å²) in [6.45, 7) is 0. The Balaban J connectivity index is 1.83. The molecular weight excluding hydrogens is 424 g/mol. The molecule has 11 heteroatoms. The van der Waals surface area contributed by atoms with Gasteiger partial charge >= 0.3 is 5.97 Å². The molecule has 1 fully saturated rings.